The molecule has 0 radical (unpaired) electrons. The Hall–Kier alpha value is -1.94. The van der Waals surface area contributed by atoms with Gasteiger partial charge in [-0.1, -0.05) is 60.0 Å². The molecular weight excluding hydrogens is 470 g/mol. The molecule has 1 rings (SSSR count). The van der Waals surface area contributed by atoms with Crippen molar-refractivity contribution in [1.29, 1.82) is 0 Å². The first-order chi connectivity index (χ1) is 15.7. The van der Waals surface area contributed by atoms with Crippen molar-refractivity contribution in [1.82, 2.24) is 10.3 Å². The molecule has 0 spiro atoms. The van der Waals surface area contributed by atoms with E-state index in [-0.39, 0.29) is 34.5 Å². The molecule has 192 valence electrons. The van der Waals surface area contributed by atoms with Gasteiger partial charge in [0.05, 0.1) is 13.2 Å². The highest BCUT2D eigenvalue weighted by Crippen LogP contribution is 2.41. The van der Waals surface area contributed by atoms with Gasteiger partial charge in [-0.25, -0.2) is 9.78 Å². The lowest BCUT2D eigenvalue weighted by Crippen LogP contribution is -2.47. The number of rotatable bonds is 12. The monoisotopic (exact) mass is 511 g/mol. The summed E-state index contributed by atoms with van der Waals surface area (Å²) in [7, 11) is -0.879. The van der Waals surface area contributed by atoms with Gasteiger partial charge in [0.15, 0.2) is 14.0 Å². The van der Waals surface area contributed by atoms with Crippen molar-refractivity contribution < 1.29 is 18.8 Å². The van der Waals surface area contributed by atoms with Crippen molar-refractivity contribution in [2.45, 2.75) is 97.6 Å². The molecule has 1 unspecified atom stereocenters. The zero-order valence-corrected chi connectivity index (χ0v) is 24.0. The van der Waals surface area contributed by atoms with Gasteiger partial charge in [0.1, 0.15) is 11.0 Å². The first-order valence-electron chi connectivity index (χ1n) is 11.7. The smallest absolute Gasteiger partial charge is 0.357 e. The number of esters is 1. The minimum Gasteiger partial charge on any atom is -0.464 e. The molecule has 0 aromatic carbocycles. The molecule has 0 aliphatic carbocycles. The Kier molecular flexibility index (Phi) is 11.2. The summed E-state index contributed by atoms with van der Waals surface area (Å²) in [6.45, 7) is 18.7. The van der Waals surface area contributed by atoms with Crippen molar-refractivity contribution in [3.63, 3.8) is 0 Å². The van der Waals surface area contributed by atoms with Crippen molar-refractivity contribution in [2.75, 3.05) is 7.11 Å². The third-order valence-electron chi connectivity index (χ3n) is 6.66. The van der Waals surface area contributed by atoms with Crippen LogP contribution in [0.1, 0.15) is 82.9 Å². The number of azide groups is 1. The third-order valence-corrected chi connectivity index (χ3v) is 12.1. The van der Waals surface area contributed by atoms with Crippen LogP contribution in [0, 0.1) is 11.8 Å². The second kappa shape index (κ2) is 12.7. The van der Waals surface area contributed by atoms with E-state index in [0.717, 1.165) is 6.42 Å². The molecule has 1 aromatic heterocycles. The van der Waals surface area contributed by atoms with Crippen LogP contribution in [0.3, 0.4) is 0 Å². The van der Waals surface area contributed by atoms with Crippen molar-refractivity contribution >= 4 is 31.5 Å². The highest BCUT2D eigenvalue weighted by molar-refractivity contribution is 7.09. The molecule has 1 heterocycles. The van der Waals surface area contributed by atoms with Gasteiger partial charge in [-0.15, -0.1) is 11.3 Å². The Morgan fingerprint density at radius 1 is 1.29 bits per heavy atom. The number of thiazole rings is 1. The highest BCUT2D eigenvalue weighted by atomic mass is 32.1. The number of nitrogens with zero attached hydrogens (tertiary/aromatic N) is 4. The van der Waals surface area contributed by atoms with E-state index in [0.29, 0.717) is 11.4 Å². The van der Waals surface area contributed by atoms with Crippen LogP contribution in [-0.2, 0) is 14.0 Å². The number of amides is 1. The Morgan fingerprint density at radius 2 is 1.91 bits per heavy atom. The molecule has 0 saturated heterocycles. The number of ether oxygens (including phenoxy) is 1. The van der Waals surface area contributed by atoms with Crippen LogP contribution in [0.4, 0.5) is 0 Å². The van der Waals surface area contributed by atoms with Gasteiger partial charge in [0, 0.05) is 16.3 Å². The molecule has 34 heavy (non-hydrogen) atoms. The van der Waals surface area contributed by atoms with E-state index >= 15 is 0 Å². The van der Waals surface area contributed by atoms with E-state index in [4.69, 9.17) is 14.7 Å². The van der Waals surface area contributed by atoms with Gasteiger partial charge < -0.3 is 14.5 Å². The third kappa shape index (κ3) is 8.08. The minimum absolute atomic E-state index is 0.0343. The molecule has 4 atom stereocenters. The number of nitrogens with one attached hydrogen (secondary N) is 1. The van der Waals surface area contributed by atoms with Crippen LogP contribution in [0.15, 0.2) is 10.5 Å². The normalized spacial score (nSPS) is 15.7. The van der Waals surface area contributed by atoms with Gasteiger partial charge in [-0.05, 0) is 41.9 Å². The summed E-state index contributed by atoms with van der Waals surface area (Å²) in [6, 6.07) is -1.02. The van der Waals surface area contributed by atoms with Crippen LogP contribution in [0.2, 0.25) is 18.1 Å². The summed E-state index contributed by atoms with van der Waals surface area (Å²) in [5, 5.41) is 9.17. The lowest BCUT2D eigenvalue weighted by molar-refractivity contribution is -0.124. The molecule has 0 aliphatic rings. The van der Waals surface area contributed by atoms with Gasteiger partial charge >= 0.3 is 5.97 Å². The van der Waals surface area contributed by atoms with Gasteiger partial charge in [-0.3, -0.25) is 4.79 Å². The Balaban J connectivity index is 3.30. The zero-order chi connectivity index (χ0) is 26.3. The lowest BCUT2D eigenvalue weighted by atomic mass is 9.95. The number of carbonyl (C=O) groups is 2. The summed E-state index contributed by atoms with van der Waals surface area (Å²) in [6.07, 6.45) is 0.794. The van der Waals surface area contributed by atoms with Crippen molar-refractivity contribution in [3.05, 3.63) is 26.5 Å². The molecule has 0 bridgehead atoms. The molecule has 1 amide bonds. The molecule has 11 heteroatoms. The second-order valence-electron chi connectivity index (χ2n) is 10.6. The molecule has 0 saturated carbocycles. The van der Waals surface area contributed by atoms with E-state index in [9.17, 15) is 9.59 Å². The summed E-state index contributed by atoms with van der Waals surface area (Å²) in [4.78, 5) is 32.4. The Labute approximate surface area is 208 Å². The lowest BCUT2D eigenvalue weighted by Gasteiger charge is -2.40. The maximum Gasteiger partial charge on any atom is 0.357 e. The summed E-state index contributed by atoms with van der Waals surface area (Å²) in [5.41, 5.74) is 9.20. The average molecular weight is 512 g/mol. The van der Waals surface area contributed by atoms with Gasteiger partial charge in [0.2, 0.25) is 5.91 Å². The number of hydrogen-bond acceptors (Lipinski definition) is 7. The topological polar surface area (TPSA) is 126 Å². The highest BCUT2D eigenvalue weighted by Gasteiger charge is 2.41. The van der Waals surface area contributed by atoms with Crippen LogP contribution in [0.5, 0.6) is 0 Å². The van der Waals surface area contributed by atoms with Gasteiger partial charge in [0.25, 0.3) is 0 Å². The summed E-state index contributed by atoms with van der Waals surface area (Å²) < 4.78 is 11.6. The predicted octanol–water partition coefficient (Wildman–Crippen LogP) is 6.25. The quantitative estimate of drug-likeness (QED) is 0.117. The molecule has 0 aliphatic heterocycles. The molecule has 1 aromatic rings. The van der Waals surface area contributed by atoms with E-state index in [1.165, 1.54) is 18.4 Å². The fourth-order valence-corrected chi connectivity index (χ4v) is 5.25. The van der Waals surface area contributed by atoms with Crippen LogP contribution < -0.4 is 5.32 Å². The van der Waals surface area contributed by atoms with Gasteiger partial charge in [-0.2, -0.15) is 0 Å². The molecular formula is C23H41N5O4SSi. The maximum atomic E-state index is 13.1. The largest absolute Gasteiger partial charge is 0.464 e. The number of hydrogen-bond donors (Lipinski definition) is 1. The average Bonchev–Trinajstić information content (AvgIpc) is 3.24. The Bertz CT molecular complexity index is 877. The SMILES string of the molecule is CC[C@H](C)C(N=[N+]=[N-])C(=O)N[C@H](C[C@@H](O[Si](C)(C)C(C)(C)C)c1nc(C(=O)OC)cs1)C(C)C. The summed E-state index contributed by atoms with van der Waals surface area (Å²) in [5.74, 6) is -0.762. The Morgan fingerprint density at radius 3 is 2.38 bits per heavy atom. The zero-order valence-electron chi connectivity index (χ0n) is 22.2. The van der Waals surface area contributed by atoms with Crippen molar-refractivity contribution in [3.8, 4) is 0 Å². The molecule has 9 nitrogen and oxygen atoms in total. The van der Waals surface area contributed by atoms with Crippen LogP contribution >= 0.6 is 11.3 Å². The van der Waals surface area contributed by atoms with E-state index < -0.39 is 26.4 Å². The maximum absolute atomic E-state index is 13.1. The van der Waals surface area contributed by atoms with Crippen LogP contribution in [0.25, 0.3) is 10.4 Å². The van der Waals surface area contributed by atoms with E-state index in [1.807, 2.05) is 27.7 Å². The predicted molar refractivity (Wildman–Crippen MR) is 138 cm³/mol. The first kappa shape index (κ1) is 30.1. The fourth-order valence-electron chi connectivity index (χ4n) is 3.07. The van der Waals surface area contributed by atoms with Crippen molar-refractivity contribution in [2.24, 2.45) is 17.0 Å². The standard InChI is InChI=1S/C23H41N5O4SSi/c1-11-15(4)19(27-28-24)20(29)25-16(14(2)3)12-18(32-34(9,10)23(5,6)7)21-26-17(13-33-21)22(30)31-8/h13-16,18-19H,11-12H2,1-10H3,(H,25,29)/t15-,16+,18+,19?/m0/s1. The number of methoxy groups -OCH3 is 1. The first-order valence-corrected chi connectivity index (χ1v) is 15.5. The number of carbonyl (C=O) groups excluding carboxylic acids is 2. The minimum atomic E-state index is -2.21. The second-order valence-corrected chi connectivity index (χ2v) is 16.2. The number of aromatic nitrogens is 1. The summed E-state index contributed by atoms with van der Waals surface area (Å²) >= 11 is 1.35. The van der Waals surface area contributed by atoms with Crippen LogP contribution in [-0.4, -0.2) is 44.4 Å². The van der Waals surface area contributed by atoms with E-state index in [1.54, 1.807) is 5.38 Å². The fraction of sp³-hybridized carbons (Fsp3) is 0.783. The molecule has 1 N–H and O–H groups in total. The molecule has 0 fully saturated rings. The van der Waals surface area contributed by atoms with E-state index in [2.05, 4.69) is 54.2 Å².